The highest BCUT2D eigenvalue weighted by Gasteiger charge is 2.23. The Morgan fingerprint density at radius 1 is 1.35 bits per heavy atom. The lowest BCUT2D eigenvalue weighted by Crippen LogP contribution is -2.40. The van der Waals surface area contributed by atoms with Crippen LogP contribution in [-0.4, -0.2) is 45.4 Å². The minimum Gasteiger partial charge on any atom is -0.347 e. The largest absolute Gasteiger partial charge is 0.347 e. The minimum absolute atomic E-state index is 0.156. The third-order valence-corrected chi connectivity index (χ3v) is 4.27. The van der Waals surface area contributed by atoms with Crippen LogP contribution in [0.3, 0.4) is 0 Å². The molecule has 1 fully saturated rings. The lowest BCUT2D eigenvalue weighted by molar-refractivity contribution is 0.0915. The van der Waals surface area contributed by atoms with E-state index in [4.69, 9.17) is 0 Å². The first kappa shape index (κ1) is 15.7. The zero-order valence-electron chi connectivity index (χ0n) is 13.5. The van der Waals surface area contributed by atoms with Crippen molar-refractivity contribution in [3.63, 3.8) is 0 Å². The Hall–Kier alpha value is -2.21. The van der Waals surface area contributed by atoms with Gasteiger partial charge in [0.05, 0.1) is 6.04 Å². The first-order valence-corrected chi connectivity index (χ1v) is 8.18. The summed E-state index contributed by atoms with van der Waals surface area (Å²) in [5.41, 5.74) is 2.03. The van der Waals surface area contributed by atoms with E-state index in [1.165, 1.54) is 19.3 Å². The standard InChI is InChI=1S/C17H23N5O/c1-13-10-19-16(21-13)17(23)20-12-15(14-6-5-7-18-11-14)22-8-3-2-4-9-22/h5-7,10-11,15H,2-4,8-9,12H2,1H3,(H,19,21)(H,20,23). The predicted molar refractivity (Wildman–Crippen MR) is 88.1 cm³/mol. The van der Waals surface area contributed by atoms with E-state index in [1.807, 2.05) is 19.2 Å². The van der Waals surface area contributed by atoms with E-state index in [-0.39, 0.29) is 11.9 Å². The number of carbonyl (C=O) groups excluding carboxylic acids is 1. The van der Waals surface area contributed by atoms with Crippen LogP contribution in [-0.2, 0) is 0 Å². The first-order valence-electron chi connectivity index (χ1n) is 8.18. The number of nitrogens with one attached hydrogen (secondary N) is 2. The molecular formula is C17H23N5O. The van der Waals surface area contributed by atoms with Gasteiger partial charge in [-0.2, -0.15) is 0 Å². The summed E-state index contributed by atoms with van der Waals surface area (Å²) >= 11 is 0. The number of imidazole rings is 1. The van der Waals surface area contributed by atoms with Gasteiger partial charge in [0.1, 0.15) is 0 Å². The molecule has 3 heterocycles. The fraction of sp³-hybridized carbons (Fsp3) is 0.471. The number of amides is 1. The molecule has 1 aliphatic heterocycles. The van der Waals surface area contributed by atoms with Gasteiger partial charge in [0, 0.05) is 30.8 Å². The number of rotatable bonds is 5. The van der Waals surface area contributed by atoms with Crippen LogP contribution in [0.5, 0.6) is 0 Å². The molecule has 0 aromatic carbocycles. The number of aromatic nitrogens is 3. The Morgan fingerprint density at radius 2 is 2.17 bits per heavy atom. The maximum Gasteiger partial charge on any atom is 0.287 e. The van der Waals surface area contributed by atoms with Crippen LogP contribution in [0.25, 0.3) is 0 Å². The van der Waals surface area contributed by atoms with E-state index < -0.39 is 0 Å². The second-order valence-electron chi connectivity index (χ2n) is 6.02. The Morgan fingerprint density at radius 3 is 2.83 bits per heavy atom. The summed E-state index contributed by atoms with van der Waals surface area (Å²) in [7, 11) is 0. The Labute approximate surface area is 136 Å². The fourth-order valence-electron chi connectivity index (χ4n) is 3.06. The summed E-state index contributed by atoms with van der Waals surface area (Å²) in [5.74, 6) is 0.204. The third-order valence-electron chi connectivity index (χ3n) is 4.27. The molecule has 6 nitrogen and oxygen atoms in total. The first-order chi connectivity index (χ1) is 11.2. The number of nitrogens with zero attached hydrogens (tertiary/aromatic N) is 3. The van der Waals surface area contributed by atoms with E-state index in [2.05, 4.69) is 31.2 Å². The van der Waals surface area contributed by atoms with Gasteiger partial charge >= 0.3 is 0 Å². The van der Waals surface area contributed by atoms with Crippen molar-refractivity contribution in [1.82, 2.24) is 25.2 Å². The zero-order valence-corrected chi connectivity index (χ0v) is 13.5. The fourth-order valence-corrected chi connectivity index (χ4v) is 3.06. The second-order valence-corrected chi connectivity index (χ2v) is 6.02. The maximum atomic E-state index is 12.2. The van der Waals surface area contributed by atoms with E-state index in [9.17, 15) is 4.79 Å². The monoisotopic (exact) mass is 313 g/mol. The van der Waals surface area contributed by atoms with Gasteiger partial charge in [0.15, 0.2) is 5.82 Å². The highest BCUT2D eigenvalue weighted by molar-refractivity contribution is 5.90. The number of aryl methyl sites for hydroxylation is 1. The normalized spacial score (nSPS) is 16.9. The van der Waals surface area contributed by atoms with Crippen molar-refractivity contribution in [1.29, 1.82) is 0 Å². The molecule has 2 aromatic rings. The minimum atomic E-state index is -0.163. The van der Waals surface area contributed by atoms with Gasteiger partial charge in [0.2, 0.25) is 0 Å². The van der Waals surface area contributed by atoms with Crippen molar-refractivity contribution in [3.05, 3.63) is 47.8 Å². The molecule has 0 radical (unpaired) electrons. The zero-order chi connectivity index (χ0) is 16.1. The molecule has 2 N–H and O–H groups in total. The van der Waals surface area contributed by atoms with Gasteiger partial charge in [0.25, 0.3) is 5.91 Å². The molecule has 1 saturated heterocycles. The number of hydrogen-bond acceptors (Lipinski definition) is 4. The van der Waals surface area contributed by atoms with E-state index in [1.54, 1.807) is 12.4 Å². The van der Waals surface area contributed by atoms with Crippen molar-refractivity contribution in [2.75, 3.05) is 19.6 Å². The molecule has 6 heteroatoms. The Bertz CT molecular complexity index is 633. The van der Waals surface area contributed by atoms with Crippen LogP contribution in [0.4, 0.5) is 0 Å². The summed E-state index contributed by atoms with van der Waals surface area (Å²) in [4.78, 5) is 26.0. The summed E-state index contributed by atoms with van der Waals surface area (Å²) in [6.07, 6.45) is 9.04. The average molecular weight is 313 g/mol. The molecule has 1 aliphatic rings. The van der Waals surface area contributed by atoms with Gasteiger partial charge in [-0.15, -0.1) is 0 Å². The maximum absolute atomic E-state index is 12.2. The molecule has 3 rings (SSSR count). The number of likely N-dealkylation sites (tertiary alicyclic amines) is 1. The number of H-pyrrole nitrogens is 1. The second kappa shape index (κ2) is 7.37. The summed E-state index contributed by atoms with van der Waals surface area (Å²) in [6.45, 7) is 4.57. The molecule has 0 saturated carbocycles. The third kappa shape index (κ3) is 3.96. The number of hydrogen-bond donors (Lipinski definition) is 2. The molecule has 1 amide bonds. The molecule has 1 unspecified atom stereocenters. The molecule has 23 heavy (non-hydrogen) atoms. The number of piperidine rings is 1. The summed E-state index contributed by atoms with van der Waals surface area (Å²) in [5, 5.41) is 3.01. The van der Waals surface area contributed by atoms with Crippen molar-refractivity contribution in [3.8, 4) is 0 Å². The molecular weight excluding hydrogens is 290 g/mol. The average Bonchev–Trinajstić information content (AvgIpc) is 3.03. The molecule has 1 atom stereocenters. The van der Waals surface area contributed by atoms with Crippen LogP contribution in [0.2, 0.25) is 0 Å². The smallest absolute Gasteiger partial charge is 0.287 e. The van der Waals surface area contributed by atoms with Gasteiger partial charge in [-0.3, -0.25) is 14.7 Å². The number of pyridine rings is 1. The van der Waals surface area contributed by atoms with Crippen molar-refractivity contribution in [2.45, 2.75) is 32.2 Å². The Kier molecular flexibility index (Phi) is 5.02. The topological polar surface area (TPSA) is 73.9 Å². The molecule has 0 spiro atoms. The SMILES string of the molecule is Cc1cnc(C(=O)NCC(c2cccnc2)N2CCCCC2)[nH]1. The van der Waals surface area contributed by atoms with Crippen LogP contribution in [0.1, 0.15) is 47.2 Å². The van der Waals surface area contributed by atoms with Gasteiger partial charge < -0.3 is 10.3 Å². The van der Waals surface area contributed by atoms with Crippen LogP contribution in [0.15, 0.2) is 30.7 Å². The Balaban J connectivity index is 1.69. The van der Waals surface area contributed by atoms with E-state index in [0.29, 0.717) is 12.4 Å². The van der Waals surface area contributed by atoms with Gasteiger partial charge in [-0.1, -0.05) is 12.5 Å². The lowest BCUT2D eigenvalue weighted by atomic mass is 10.0. The van der Waals surface area contributed by atoms with Crippen LogP contribution >= 0.6 is 0 Å². The highest BCUT2D eigenvalue weighted by Crippen LogP contribution is 2.23. The lowest BCUT2D eigenvalue weighted by Gasteiger charge is -2.34. The molecule has 2 aromatic heterocycles. The summed E-state index contributed by atoms with van der Waals surface area (Å²) in [6, 6.07) is 4.18. The highest BCUT2D eigenvalue weighted by atomic mass is 16.2. The summed E-state index contributed by atoms with van der Waals surface area (Å²) < 4.78 is 0. The van der Waals surface area contributed by atoms with Crippen molar-refractivity contribution < 1.29 is 4.79 Å². The predicted octanol–water partition coefficient (Wildman–Crippen LogP) is 2.07. The number of aromatic amines is 1. The number of carbonyl (C=O) groups is 1. The van der Waals surface area contributed by atoms with Crippen LogP contribution < -0.4 is 5.32 Å². The molecule has 0 bridgehead atoms. The van der Waals surface area contributed by atoms with Crippen molar-refractivity contribution in [2.24, 2.45) is 0 Å². The van der Waals surface area contributed by atoms with Gasteiger partial charge in [-0.25, -0.2) is 4.98 Å². The quantitative estimate of drug-likeness (QED) is 0.886. The van der Waals surface area contributed by atoms with Crippen molar-refractivity contribution >= 4 is 5.91 Å². The van der Waals surface area contributed by atoms with Crippen LogP contribution in [0, 0.1) is 6.92 Å². The van der Waals surface area contributed by atoms with Gasteiger partial charge in [-0.05, 0) is 44.5 Å². The van der Waals surface area contributed by atoms with E-state index >= 15 is 0 Å². The molecule has 0 aliphatic carbocycles. The molecule has 122 valence electrons. The van der Waals surface area contributed by atoms with E-state index in [0.717, 1.165) is 24.3 Å².